The summed E-state index contributed by atoms with van der Waals surface area (Å²) in [6, 6.07) is 0. The summed E-state index contributed by atoms with van der Waals surface area (Å²) in [5, 5.41) is 0. The summed E-state index contributed by atoms with van der Waals surface area (Å²) < 4.78 is 6.03. The minimum absolute atomic E-state index is 0.121. The largest absolute Gasteiger partial charge is 0.451 e. The molecule has 3 heteroatoms. The third kappa shape index (κ3) is 1.64. The molecule has 0 aromatic heterocycles. The van der Waals surface area contributed by atoms with Crippen molar-refractivity contribution in [2.45, 2.75) is 57.5 Å². The maximum absolute atomic E-state index is 11.9. The quantitative estimate of drug-likeness (QED) is 0.630. The summed E-state index contributed by atoms with van der Waals surface area (Å²) in [4.78, 5) is 23.8. The van der Waals surface area contributed by atoms with Gasteiger partial charge in [0.15, 0.2) is 5.78 Å². The van der Waals surface area contributed by atoms with Crippen LogP contribution in [0.2, 0.25) is 0 Å². The Balaban J connectivity index is 1.38. The van der Waals surface area contributed by atoms with Crippen molar-refractivity contribution >= 4 is 11.8 Å². The number of hydrogen-bond donors (Lipinski definition) is 0. The molecule has 1 aliphatic heterocycles. The van der Waals surface area contributed by atoms with Crippen molar-refractivity contribution < 1.29 is 14.3 Å². The van der Waals surface area contributed by atoms with E-state index in [4.69, 9.17) is 4.74 Å². The molecule has 0 N–H and O–H groups in total. The lowest BCUT2D eigenvalue weighted by Crippen LogP contribution is -2.54. The molecular weight excluding hydrogens is 312 g/mol. The van der Waals surface area contributed by atoms with Gasteiger partial charge in [-0.1, -0.05) is 12.5 Å². The Labute approximate surface area is 148 Å². The van der Waals surface area contributed by atoms with Gasteiger partial charge in [-0.15, -0.1) is 0 Å². The third-order valence-electron chi connectivity index (χ3n) is 9.03. The molecule has 0 aromatic carbocycles. The van der Waals surface area contributed by atoms with Crippen molar-refractivity contribution in [2.75, 3.05) is 0 Å². The number of esters is 1. The van der Waals surface area contributed by atoms with Gasteiger partial charge in [-0.3, -0.25) is 4.79 Å². The molecule has 0 aromatic rings. The number of fused-ring (bicyclic) bond motifs is 9. The molecule has 8 atom stereocenters. The monoisotopic (exact) mass is 338 g/mol. The predicted octanol–water partition coefficient (Wildman–Crippen LogP) is 3.84. The Morgan fingerprint density at radius 3 is 2.76 bits per heavy atom. The molecule has 4 fully saturated rings. The average Bonchev–Trinajstić information content (AvgIpc) is 3.23. The van der Waals surface area contributed by atoms with E-state index in [0.717, 1.165) is 37.0 Å². The fraction of sp³-hybridized carbons (Fsp3) is 0.727. The van der Waals surface area contributed by atoms with Gasteiger partial charge in [-0.25, -0.2) is 4.79 Å². The molecule has 132 valence electrons. The molecule has 0 saturated heterocycles. The van der Waals surface area contributed by atoms with Gasteiger partial charge in [0.1, 0.15) is 5.60 Å². The lowest BCUT2D eigenvalue weighted by atomic mass is 9.49. The van der Waals surface area contributed by atoms with Gasteiger partial charge < -0.3 is 4.74 Å². The number of carbonyl (C=O) groups is 2. The van der Waals surface area contributed by atoms with Crippen molar-refractivity contribution in [2.24, 2.45) is 40.9 Å². The van der Waals surface area contributed by atoms with Gasteiger partial charge in [0.25, 0.3) is 0 Å². The Kier molecular flexibility index (Phi) is 2.64. The highest BCUT2D eigenvalue weighted by molar-refractivity contribution is 5.91. The highest BCUT2D eigenvalue weighted by Crippen LogP contribution is 2.77. The van der Waals surface area contributed by atoms with Crippen LogP contribution in [0.5, 0.6) is 0 Å². The van der Waals surface area contributed by atoms with E-state index >= 15 is 0 Å². The van der Waals surface area contributed by atoms with Crippen molar-refractivity contribution in [3.8, 4) is 0 Å². The van der Waals surface area contributed by atoms with Crippen LogP contribution in [0.1, 0.15) is 51.9 Å². The number of rotatable bonds is 0. The smallest absolute Gasteiger partial charge is 0.331 e. The summed E-state index contributed by atoms with van der Waals surface area (Å²) in [6.45, 7) is 2.42. The summed E-state index contributed by atoms with van der Waals surface area (Å²) in [7, 11) is 0. The lowest BCUT2D eigenvalue weighted by Gasteiger charge is -2.56. The Morgan fingerprint density at radius 1 is 1.08 bits per heavy atom. The van der Waals surface area contributed by atoms with Crippen LogP contribution in [0, 0.1) is 40.9 Å². The van der Waals surface area contributed by atoms with E-state index in [2.05, 4.69) is 13.0 Å². The van der Waals surface area contributed by atoms with Gasteiger partial charge in [0, 0.05) is 23.8 Å². The molecular formula is C22H26O3. The molecule has 3 unspecified atom stereocenters. The van der Waals surface area contributed by atoms with E-state index in [1.54, 1.807) is 6.08 Å². The molecule has 0 amide bonds. The number of carbonyl (C=O) groups excluding carboxylic acids is 2. The molecule has 1 heterocycles. The molecule has 5 aliphatic carbocycles. The van der Waals surface area contributed by atoms with E-state index < -0.39 is 0 Å². The minimum atomic E-state index is -0.303. The van der Waals surface area contributed by atoms with Crippen molar-refractivity contribution in [3.05, 3.63) is 23.8 Å². The van der Waals surface area contributed by atoms with Crippen molar-refractivity contribution in [3.63, 3.8) is 0 Å². The zero-order valence-electron chi connectivity index (χ0n) is 14.9. The standard InChI is InChI=1S/C22H26O3/c1-21-8-6-15-14-5-3-13(23)10-12(14)2-4-16(15)20(21)17-11-18(17)22(21)9-7-19(24)25-22/h7,9-10,14-18,20H,2-6,8,11H2,1H3/t14-,15?,16?,17-,18+,20?,21-,22-/m0/s1. The normalized spacial score (nSPS) is 55.2. The molecule has 6 aliphatic rings. The summed E-state index contributed by atoms with van der Waals surface area (Å²) in [5.41, 5.74) is 1.27. The molecule has 0 bridgehead atoms. The second-order valence-electron chi connectivity index (χ2n) is 9.73. The number of ether oxygens (including phenoxy) is 1. The average molecular weight is 338 g/mol. The first-order valence-electron chi connectivity index (χ1n) is 10.2. The fourth-order valence-corrected chi connectivity index (χ4v) is 8.13. The molecule has 6 rings (SSSR count). The first-order valence-corrected chi connectivity index (χ1v) is 10.2. The van der Waals surface area contributed by atoms with Crippen LogP contribution in [-0.2, 0) is 14.3 Å². The van der Waals surface area contributed by atoms with E-state index in [1.807, 2.05) is 6.08 Å². The summed E-state index contributed by atoms with van der Waals surface area (Å²) in [5.74, 6) is 4.39. The van der Waals surface area contributed by atoms with E-state index in [0.29, 0.717) is 23.5 Å². The van der Waals surface area contributed by atoms with Crippen LogP contribution < -0.4 is 0 Å². The number of hydrogen-bond acceptors (Lipinski definition) is 3. The minimum Gasteiger partial charge on any atom is -0.451 e. The second kappa shape index (κ2) is 4.47. The molecule has 4 saturated carbocycles. The maximum Gasteiger partial charge on any atom is 0.331 e. The maximum atomic E-state index is 11.9. The first kappa shape index (κ1) is 14.8. The highest BCUT2D eigenvalue weighted by atomic mass is 16.6. The van der Waals surface area contributed by atoms with Gasteiger partial charge >= 0.3 is 5.97 Å². The SMILES string of the molecule is C[C@]12CCC3C(CCC4=CC(=O)CC[C@@H]43)C1[C@H]1C[C@H]1[C@@]21C=CC(=O)O1. The Hall–Kier alpha value is -1.38. The zero-order chi connectivity index (χ0) is 17.0. The van der Waals surface area contributed by atoms with E-state index in [1.165, 1.54) is 31.3 Å². The van der Waals surface area contributed by atoms with Crippen LogP contribution in [-0.4, -0.2) is 17.4 Å². The van der Waals surface area contributed by atoms with Gasteiger partial charge in [-0.2, -0.15) is 0 Å². The van der Waals surface area contributed by atoms with E-state index in [9.17, 15) is 9.59 Å². The van der Waals surface area contributed by atoms with Gasteiger partial charge in [0.05, 0.1) is 0 Å². The molecule has 3 nitrogen and oxygen atoms in total. The van der Waals surface area contributed by atoms with Gasteiger partial charge in [0.2, 0.25) is 0 Å². The zero-order valence-corrected chi connectivity index (χ0v) is 14.9. The highest BCUT2D eigenvalue weighted by Gasteiger charge is 2.77. The number of allylic oxidation sites excluding steroid dienone is 1. The molecule has 0 radical (unpaired) electrons. The second-order valence-corrected chi connectivity index (χ2v) is 9.73. The number of ketones is 1. The molecule has 25 heavy (non-hydrogen) atoms. The van der Waals surface area contributed by atoms with Crippen LogP contribution in [0.3, 0.4) is 0 Å². The van der Waals surface area contributed by atoms with Crippen molar-refractivity contribution in [1.82, 2.24) is 0 Å². The third-order valence-corrected chi connectivity index (χ3v) is 9.03. The van der Waals surface area contributed by atoms with Crippen LogP contribution in [0.4, 0.5) is 0 Å². The summed E-state index contributed by atoms with van der Waals surface area (Å²) >= 11 is 0. The Morgan fingerprint density at radius 2 is 1.96 bits per heavy atom. The predicted molar refractivity (Wildman–Crippen MR) is 92.4 cm³/mol. The van der Waals surface area contributed by atoms with Gasteiger partial charge in [-0.05, 0) is 80.3 Å². The van der Waals surface area contributed by atoms with Crippen molar-refractivity contribution in [1.29, 1.82) is 0 Å². The fourth-order valence-electron chi connectivity index (χ4n) is 8.13. The summed E-state index contributed by atoms with van der Waals surface area (Å²) in [6.07, 6.45) is 13.6. The first-order chi connectivity index (χ1) is 12.0. The van der Waals surface area contributed by atoms with Crippen LogP contribution >= 0.6 is 0 Å². The Bertz CT molecular complexity index is 748. The lowest BCUT2D eigenvalue weighted by molar-refractivity contribution is -0.167. The topological polar surface area (TPSA) is 43.4 Å². The van der Waals surface area contributed by atoms with Crippen LogP contribution in [0.25, 0.3) is 0 Å². The van der Waals surface area contributed by atoms with Crippen LogP contribution in [0.15, 0.2) is 23.8 Å². The molecule has 1 spiro atoms. The van der Waals surface area contributed by atoms with E-state index in [-0.39, 0.29) is 17.0 Å².